The Morgan fingerprint density at radius 1 is 1.42 bits per heavy atom. The van der Waals surface area contributed by atoms with Crippen molar-refractivity contribution in [3.63, 3.8) is 0 Å². The third-order valence-corrected chi connectivity index (χ3v) is 3.68. The smallest absolute Gasteiger partial charge is 0.255 e. The molecule has 0 fully saturated rings. The molecule has 106 valence electrons. The summed E-state index contributed by atoms with van der Waals surface area (Å²) in [6.45, 7) is -0.261. The molecular formula is C11H15ClN2O4S. The minimum atomic E-state index is -3.43. The molecule has 0 saturated carbocycles. The number of sulfonamides is 1. The summed E-state index contributed by atoms with van der Waals surface area (Å²) in [7, 11) is -3.43. The number of amides is 1. The Hall–Kier alpha value is -1.47. The quantitative estimate of drug-likeness (QED) is 0.698. The van der Waals surface area contributed by atoms with Crippen molar-refractivity contribution in [1.82, 2.24) is 0 Å². The van der Waals surface area contributed by atoms with E-state index in [-0.39, 0.29) is 18.2 Å². The Balaban J connectivity index is 2.68. The van der Waals surface area contributed by atoms with E-state index in [2.05, 4.69) is 4.72 Å². The SMILES string of the molecule is NC(=O)COc1cccc(NS(=O)(=O)CCCCl)c1. The Labute approximate surface area is 116 Å². The monoisotopic (exact) mass is 306 g/mol. The van der Waals surface area contributed by atoms with E-state index in [0.29, 0.717) is 17.9 Å². The van der Waals surface area contributed by atoms with Crippen LogP contribution in [0.15, 0.2) is 24.3 Å². The van der Waals surface area contributed by atoms with E-state index in [4.69, 9.17) is 22.1 Å². The van der Waals surface area contributed by atoms with E-state index in [1.807, 2.05) is 0 Å². The van der Waals surface area contributed by atoms with Crippen molar-refractivity contribution < 1.29 is 17.9 Å². The largest absolute Gasteiger partial charge is 0.484 e. The molecule has 0 atom stereocenters. The van der Waals surface area contributed by atoms with Crippen molar-refractivity contribution in [2.24, 2.45) is 5.73 Å². The molecule has 0 saturated heterocycles. The number of anilines is 1. The Morgan fingerprint density at radius 2 is 2.16 bits per heavy atom. The number of carbonyl (C=O) groups is 1. The predicted molar refractivity (Wildman–Crippen MR) is 73.9 cm³/mol. The van der Waals surface area contributed by atoms with Gasteiger partial charge in [-0.05, 0) is 18.6 Å². The predicted octanol–water partition coefficient (Wildman–Crippen LogP) is 0.921. The number of carbonyl (C=O) groups excluding carboxylic acids is 1. The summed E-state index contributed by atoms with van der Waals surface area (Å²) in [5.41, 5.74) is 5.30. The number of nitrogens with two attached hydrogens (primary N) is 1. The Bertz CT molecular complexity index is 533. The van der Waals surface area contributed by atoms with Crippen LogP contribution in [-0.4, -0.2) is 32.6 Å². The molecule has 1 aromatic carbocycles. The number of rotatable bonds is 8. The number of benzene rings is 1. The van der Waals surface area contributed by atoms with Crippen molar-refractivity contribution in [2.45, 2.75) is 6.42 Å². The first kappa shape index (κ1) is 15.6. The van der Waals surface area contributed by atoms with E-state index >= 15 is 0 Å². The van der Waals surface area contributed by atoms with Crippen molar-refractivity contribution >= 4 is 33.2 Å². The fraction of sp³-hybridized carbons (Fsp3) is 0.364. The number of hydrogen-bond donors (Lipinski definition) is 2. The lowest BCUT2D eigenvalue weighted by Crippen LogP contribution is -2.20. The lowest BCUT2D eigenvalue weighted by molar-refractivity contribution is -0.119. The molecule has 0 spiro atoms. The zero-order valence-corrected chi connectivity index (χ0v) is 11.7. The molecule has 0 radical (unpaired) electrons. The fourth-order valence-corrected chi connectivity index (χ4v) is 2.68. The van der Waals surface area contributed by atoms with Crippen LogP contribution in [0.2, 0.25) is 0 Å². The fourth-order valence-electron chi connectivity index (χ4n) is 1.28. The van der Waals surface area contributed by atoms with Crippen LogP contribution in [0, 0.1) is 0 Å². The van der Waals surface area contributed by atoms with Gasteiger partial charge in [0.25, 0.3) is 5.91 Å². The molecule has 0 unspecified atom stereocenters. The topological polar surface area (TPSA) is 98.5 Å². The highest BCUT2D eigenvalue weighted by Gasteiger charge is 2.10. The van der Waals surface area contributed by atoms with Crippen LogP contribution in [0.4, 0.5) is 5.69 Å². The Kier molecular flexibility index (Phi) is 5.91. The van der Waals surface area contributed by atoms with E-state index in [9.17, 15) is 13.2 Å². The summed E-state index contributed by atoms with van der Waals surface area (Å²) in [5.74, 6) is -0.0182. The van der Waals surface area contributed by atoms with Gasteiger partial charge >= 0.3 is 0 Å². The van der Waals surface area contributed by atoms with Crippen LogP contribution in [0.1, 0.15) is 6.42 Å². The number of primary amides is 1. The third-order valence-electron chi connectivity index (χ3n) is 2.04. The molecular weight excluding hydrogens is 292 g/mol. The van der Waals surface area contributed by atoms with Gasteiger partial charge in [0.1, 0.15) is 5.75 Å². The molecule has 0 aliphatic heterocycles. The lowest BCUT2D eigenvalue weighted by atomic mass is 10.3. The van der Waals surface area contributed by atoms with Crippen LogP contribution >= 0.6 is 11.6 Å². The summed E-state index contributed by atoms with van der Waals surface area (Å²) in [6.07, 6.45) is 0.370. The molecule has 0 bridgehead atoms. The van der Waals surface area contributed by atoms with Crippen molar-refractivity contribution in [3.8, 4) is 5.75 Å². The zero-order valence-electron chi connectivity index (χ0n) is 10.1. The van der Waals surface area contributed by atoms with Gasteiger partial charge in [-0.25, -0.2) is 8.42 Å². The minimum absolute atomic E-state index is 0.0527. The van der Waals surface area contributed by atoms with Gasteiger partial charge in [-0.1, -0.05) is 6.07 Å². The first-order valence-corrected chi connectivity index (χ1v) is 7.69. The molecule has 1 rings (SSSR count). The van der Waals surface area contributed by atoms with Gasteiger partial charge in [0.05, 0.1) is 11.4 Å². The lowest BCUT2D eigenvalue weighted by Gasteiger charge is -2.09. The van der Waals surface area contributed by atoms with Crippen LogP contribution in [0.3, 0.4) is 0 Å². The van der Waals surface area contributed by atoms with Crippen LogP contribution in [0.5, 0.6) is 5.75 Å². The maximum atomic E-state index is 11.7. The number of halogens is 1. The molecule has 1 amide bonds. The molecule has 0 aliphatic rings. The summed E-state index contributed by atoms with van der Waals surface area (Å²) in [6, 6.07) is 6.26. The van der Waals surface area contributed by atoms with Gasteiger partial charge in [-0.3, -0.25) is 9.52 Å². The van der Waals surface area contributed by atoms with E-state index in [0.717, 1.165) is 0 Å². The first-order chi connectivity index (χ1) is 8.93. The molecule has 19 heavy (non-hydrogen) atoms. The summed E-state index contributed by atoms with van der Waals surface area (Å²) >= 11 is 5.45. The summed E-state index contributed by atoms with van der Waals surface area (Å²) < 4.78 is 30.8. The van der Waals surface area contributed by atoms with Crippen LogP contribution in [-0.2, 0) is 14.8 Å². The van der Waals surface area contributed by atoms with Gasteiger partial charge in [-0.15, -0.1) is 11.6 Å². The average molecular weight is 307 g/mol. The van der Waals surface area contributed by atoms with Crippen molar-refractivity contribution in [3.05, 3.63) is 24.3 Å². The normalized spacial score (nSPS) is 11.0. The maximum Gasteiger partial charge on any atom is 0.255 e. The van der Waals surface area contributed by atoms with E-state index in [1.165, 1.54) is 6.07 Å². The van der Waals surface area contributed by atoms with Gasteiger partial charge in [0.15, 0.2) is 6.61 Å². The highest BCUT2D eigenvalue weighted by molar-refractivity contribution is 7.92. The van der Waals surface area contributed by atoms with Crippen LogP contribution in [0.25, 0.3) is 0 Å². The van der Waals surface area contributed by atoms with Gasteiger partial charge in [0.2, 0.25) is 10.0 Å². The minimum Gasteiger partial charge on any atom is -0.484 e. The zero-order chi connectivity index (χ0) is 14.3. The second-order valence-corrected chi connectivity index (χ2v) is 5.97. The molecule has 6 nitrogen and oxygen atoms in total. The highest BCUT2D eigenvalue weighted by Crippen LogP contribution is 2.18. The number of nitrogens with one attached hydrogen (secondary N) is 1. The van der Waals surface area contributed by atoms with Crippen molar-refractivity contribution in [1.29, 1.82) is 0 Å². The van der Waals surface area contributed by atoms with Crippen molar-refractivity contribution in [2.75, 3.05) is 23.0 Å². The summed E-state index contributed by atoms with van der Waals surface area (Å²) in [5, 5.41) is 0. The second-order valence-electron chi connectivity index (χ2n) is 3.75. The molecule has 1 aromatic rings. The van der Waals surface area contributed by atoms with Gasteiger partial charge in [0, 0.05) is 11.9 Å². The first-order valence-electron chi connectivity index (χ1n) is 5.50. The second kappa shape index (κ2) is 7.20. The third kappa shape index (κ3) is 6.30. The van der Waals surface area contributed by atoms with Gasteiger partial charge < -0.3 is 10.5 Å². The summed E-state index contributed by atoms with van der Waals surface area (Å²) in [4.78, 5) is 10.6. The van der Waals surface area contributed by atoms with Gasteiger partial charge in [-0.2, -0.15) is 0 Å². The maximum absolute atomic E-state index is 11.7. The molecule has 0 aromatic heterocycles. The molecule has 3 N–H and O–H groups in total. The van der Waals surface area contributed by atoms with Crippen LogP contribution < -0.4 is 15.2 Å². The molecule has 0 aliphatic carbocycles. The average Bonchev–Trinajstić information content (AvgIpc) is 2.34. The number of hydrogen-bond acceptors (Lipinski definition) is 4. The van der Waals surface area contributed by atoms with E-state index in [1.54, 1.807) is 18.2 Å². The number of ether oxygens (including phenoxy) is 1. The Morgan fingerprint density at radius 3 is 2.79 bits per heavy atom. The molecule has 0 heterocycles. The standard InChI is InChI=1S/C11H15ClN2O4S/c12-5-2-6-19(16,17)14-9-3-1-4-10(7-9)18-8-11(13)15/h1,3-4,7,14H,2,5-6,8H2,(H2,13,15). The molecule has 8 heteroatoms. The highest BCUT2D eigenvalue weighted by atomic mass is 35.5. The van der Waals surface area contributed by atoms with E-state index < -0.39 is 15.9 Å². The number of alkyl halides is 1.